The van der Waals surface area contributed by atoms with Crippen LogP contribution in [-0.4, -0.2) is 34.7 Å². The summed E-state index contributed by atoms with van der Waals surface area (Å²) in [7, 11) is 0. The topological polar surface area (TPSA) is 40.6 Å². The van der Waals surface area contributed by atoms with Gasteiger partial charge in [-0.25, -0.2) is 0 Å². The predicted octanol–water partition coefficient (Wildman–Crippen LogP) is 5.73. The third-order valence-corrected chi connectivity index (χ3v) is 6.26. The van der Waals surface area contributed by atoms with Crippen molar-refractivity contribution in [3.63, 3.8) is 0 Å². The number of carbonyl (C=O) groups is 2. The van der Waals surface area contributed by atoms with Crippen LogP contribution in [0.1, 0.15) is 63.3 Å². The molecule has 2 aromatic rings. The molecule has 1 heterocycles. The van der Waals surface area contributed by atoms with Gasteiger partial charge in [-0.05, 0) is 29.3 Å². The van der Waals surface area contributed by atoms with Crippen molar-refractivity contribution in [2.24, 2.45) is 5.92 Å². The molecule has 0 fully saturated rings. The number of rotatable bonds is 13. The zero-order valence-electron chi connectivity index (χ0n) is 18.7. The molecule has 2 rings (SSSR count). The van der Waals surface area contributed by atoms with E-state index in [0.717, 1.165) is 36.1 Å². The average molecular weight is 429 g/mol. The molecule has 0 saturated heterocycles. The number of carbonyl (C=O) groups excluding carboxylic acids is 2. The molecule has 2 amide bonds. The summed E-state index contributed by atoms with van der Waals surface area (Å²) in [5.41, 5.74) is 1.10. The van der Waals surface area contributed by atoms with Gasteiger partial charge in [-0.1, -0.05) is 76.4 Å². The zero-order chi connectivity index (χ0) is 21.8. The first-order valence-electron chi connectivity index (χ1n) is 11.1. The number of nitrogens with zero attached hydrogens (tertiary/aromatic N) is 2. The maximum absolute atomic E-state index is 13.3. The van der Waals surface area contributed by atoms with Crippen LogP contribution in [0.4, 0.5) is 0 Å². The van der Waals surface area contributed by atoms with Crippen LogP contribution in [0.5, 0.6) is 0 Å². The van der Waals surface area contributed by atoms with Crippen molar-refractivity contribution in [1.29, 1.82) is 0 Å². The molecule has 4 nitrogen and oxygen atoms in total. The summed E-state index contributed by atoms with van der Waals surface area (Å²) < 4.78 is 0. The van der Waals surface area contributed by atoms with E-state index in [9.17, 15) is 9.59 Å². The summed E-state index contributed by atoms with van der Waals surface area (Å²) in [5.74, 6) is 0.500. The normalized spacial score (nSPS) is 11.8. The molecule has 0 aliphatic carbocycles. The molecule has 30 heavy (non-hydrogen) atoms. The predicted molar refractivity (Wildman–Crippen MR) is 125 cm³/mol. The third-order valence-electron chi connectivity index (χ3n) is 5.40. The van der Waals surface area contributed by atoms with E-state index in [1.807, 2.05) is 46.7 Å². The Morgan fingerprint density at radius 3 is 2.33 bits per heavy atom. The van der Waals surface area contributed by atoms with Gasteiger partial charge in [0.2, 0.25) is 11.8 Å². The average Bonchev–Trinajstić information content (AvgIpc) is 3.26. The molecule has 1 atom stereocenters. The summed E-state index contributed by atoms with van der Waals surface area (Å²) in [6.45, 7) is 8.34. The van der Waals surface area contributed by atoms with E-state index >= 15 is 0 Å². The van der Waals surface area contributed by atoms with Gasteiger partial charge in [-0.3, -0.25) is 9.59 Å². The SMILES string of the molecule is CCCCCC(=O)N(CC(=O)N(Cc1ccccc1)Cc1cccs1)CC(C)CC. The third kappa shape index (κ3) is 8.31. The van der Waals surface area contributed by atoms with Crippen LogP contribution in [0, 0.1) is 5.92 Å². The standard InChI is InChI=1S/C25H36N2O2S/c1-4-6-8-15-24(28)26(17-21(3)5-2)20-25(29)27(19-23-14-11-16-30-23)18-22-12-9-7-10-13-22/h7,9-14,16,21H,4-6,8,15,17-20H2,1-3H3. The van der Waals surface area contributed by atoms with Gasteiger partial charge in [0.1, 0.15) is 0 Å². The summed E-state index contributed by atoms with van der Waals surface area (Å²) in [6, 6.07) is 14.1. The van der Waals surface area contributed by atoms with Crippen molar-refractivity contribution in [1.82, 2.24) is 9.80 Å². The Labute approximate surface area is 185 Å². The molecule has 0 aliphatic rings. The first-order chi connectivity index (χ1) is 14.5. The van der Waals surface area contributed by atoms with Crippen molar-refractivity contribution in [2.45, 2.75) is 66.0 Å². The van der Waals surface area contributed by atoms with Crippen LogP contribution in [0.2, 0.25) is 0 Å². The van der Waals surface area contributed by atoms with Gasteiger partial charge in [0.05, 0.1) is 13.1 Å². The highest BCUT2D eigenvalue weighted by Crippen LogP contribution is 2.16. The van der Waals surface area contributed by atoms with E-state index in [4.69, 9.17) is 0 Å². The molecular weight excluding hydrogens is 392 g/mol. The van der Waals surface area contributed by atoms with Crippen molar-refractivity contribution in [3.05, 3.63) is 58.3 Å². The van der Waals surface area contributed by atoms with Gasteiger partial charge in [-0.15, -0.1) is 11.3 Å². The molecular formula is C25H36N2O2S. The lowest BCUT2D eigenvalue weighted by molar-refractivity contribution is -0.141. The minimum atomic E-state index is 0.0133. The Morgan fingerprint density at radius 1 is 0.933 bits per heavy atom. The highest BCUT2D eigenvalue weighted by molar-refractivity contribution is 7.09. The maximum atomic E-state index is 13.3. The Hall–Kier alpha value is -2.14. The Kier molecular flexibility index (Phi) is 10.6. The number of hydrogen-bond acceptors (Lipinski definition) is 3. The summed E-state index contributed by atoms with van der Waals surface area (Å²) in [4.78, 5) is 31.0. The van der Waals surface area contributed by atoms with E-state index in [-0.39, 0.29) is 18.4 Å². The second-order valence-corrected chi connectivity index (χ2v) is 9.09. The highest BCUT2D eigenvalue weighted by atomic mass is 32.1. The van der Waals surface area contributed by atoms with E-state index in [2.05, 4.69) is 26.8 Å². The maximum Gasteiger partial charge on any atom is 0.242 e. The van der Waals surface area contributed by atoms with E-state index in [1.165, 1.54) is 0 Å². The lowest BCUT2D eigenvalue weighted by Gasteiger charge is -2.29. The largest absolute Gasteiger partial charge is 0.333 e. The fourth-order valence-electron chi connectivity index (χ4n) is 3.33. The first kappa shape index (κ1) is 24.1. The Morgan fingerprint density at radius 2 is 1.70 bits per heavy atom. The molecule has 0 aliphatic heterocycles. The van der Waals surface area contributed by atoms with Gasteiger partial charge in [0, 0.05) is 24.4 Å². The smallest absolute Gasteiger partial charge is 0.242 e. The molecule has 1 unspecified atom stereocenters. The van der Waals surface area contributed by atoms with Gasteiger partial charge in [0.15, 0.2) is 0 Å². The summed E-state index contributed by atoms with van der Waals surface area (Å²) >= 11 is 1.66. The first-order valence-corrected chi connectivity index (χ1v) is 12.0. The second kappa shape index (κ2) is 13.2. The minimum absolute atomic E-state index is 0.0133. The van der Waals surface area contributed by atoms with Crippen molar-refractivity contribution < 1.29 is 9.59 Å². The highest BCUT2D eigenvalue weighted by Gasteiger charge is 2.23. The number of benzene rings is 1. The van der Waals surface area contributed by atoms with E-state index in [1.54, 1.807) is 16.2 Å². The number of unbranched alkanes of at least 4 members (excludes halogenated alkanes) is 2. The molecule has 0 saturated carbocycles. The molecule has 0 radical (unpaired) electrons. The zero-order valence-corrected chi connectivity index (χ0v) is 19.5. The van der Waals surface area contributed by atoms with Crippen LogP contribution >= 0.6 is 11.3 Å². The Balaban J connectivity index is 2.11. The van der Waals surface area contributed by atoms with Crippen molar-refractivity contribution in [2.75, 3.05) is 13.1 Å². The molecule has 1 aromatic heterocycles. The number of hydrogen-bond donors (Lipinski definition) is 0. The van der Waals surface area contributed by atoms with Crippen molar-refractivity contribution in [3.8, 4) is 0 Å². The monoisotopic (exact) mass is 428 g/mol. The van der Waals surface area contributed by atoms with Crippen LogP contribution in [0.15, 0.2) is 47.8 Å². The molecule has 0 spiro atoms. The van der Waals surface area contributed by atoms with Gasteiger partial charge >= 0.3 is 0 Å². The van der Waals surface area contributed by atoms with Gasteiger partial charge in [0.25, 0.3) is 0 Å². The molecule has 1 aromatic carbocycles. The van der Waals surface area contributed by atoms with Crippen LogP contribution in [-0.2, 0) is 22.7 Å². The molecule has 5 heteroatoms. The van der Waals surface area contributed by atoms with E-state index < -0.39 is 0 Å². The van der Waals surface area contributed by atoms with Gasteiger partial charge < -0.3 is 9.80 Å². The minimum Gasteiger partial charge on any atom is -0.333 e. The van der Waals surface area contributed by atoms with Crippen LogP contribution in [0.25, 0.3) is 0 Å². The van der Waals surface area contributed by atoms with E-state index in [0.29, 0.717) is 32.0 Å². The lowest BCUT2D eigenvalue weighted by atomic mass is 10.1. The lowest BCUT2D eigenvalue weighted by Crippen LogP contribution is -2.44. The quantitative estimate of drug-likeness (QED) is 0.382. The second-order valence-electron chi connectivity index (χ2n) is 8.06. The summed E-state index contributed by atoms with van der Waals surface area (Å²) in [6.07, 6.45) is 4.55. The van der Waals surface area contributed by atoms with Crippen LogP contribution in [0.3, 0.4) is 0 Å². The fraction of sp³-hybridized carbons (Fsp3) is 0.520. The number of amides is 2. The molecule has 0 bridgehead atoms. The molecule has 164 valence electrons. The molecule has 0 N–H and O–H groups in total. The number of thiophene rings is 1. The fourth-order valence-corrected chi connectivity index (χ4v) is 4.05. The van der Waals surface area contributed by atoms with Crippen LogP contribution < -0.4 is 0 Å². The van der Waals surface area contributed by atoms with Crippen molar-refractivity contribution >= 4 is 23.2 Å². The summed E-state index contributed by atoms with van der Waals surface area (Å²) in [5, 5.41) is 2.03. The van der Waals surface area contributed by atoms with Gasteiger partial charge in [-0.2, -0.15) is 0 Å². The Bertz CT molecular complexity index is 746.